The molecule has 0 aliphatic rings. The van der Waals surface area contributed by atoms with Crippen molar-refractivity contribution in [1.82, 2.24) is 10.0 Å². The molecule has 120 valence electrons. The molecule has 0 aliphatic carbocycles. The summed E-state index contributed by atoms with van der Waals surface area (Å²) in [5.74, 6) is -0.479. The van der Waals surface area contributed by atoms with Crippen molar-refractivity contribution in [2.24, 2.45) is 0 Å². The Morgan fingerprint density at radius 3 is 2.52 bits per heavy atom. The van der Waals surface area contributed by atoms with Gasteiger partial charge in [0.25, 0.3) is 5.91 Å². The predicted molar refractivity (Wildman–Crippen MR) is 87.2 cm³/mol. The van der Waals surface area contributed by atoms with E-state index in [2.05, 4.69) is 10.0 Å². The quantitative estimate of drug-likeness (QED) is 0.676. The van der Waals surface area contributed by atoms with Crippen LogP contribution in [0.3, 0.4) is 0 Å². The maximum absolute atomic E-state index is 11.9. The second-order valence-corrected chi connectivity index (χ2v) is 6.80. The number of benzene rings is 1. The molecule has 1 aromatic rings. The standard InChI is InChI=1S/C13H21N3O3S.ClH/c1-9(2)16-20(18,19)7-6-15-13(17)12-8-11(14)5-4-10(12)3;/h4-5,8-9,16H,6-7,14H2,1-3H3,(H,15,17);1H. The Bertz CT molecular complexity index is 588. The number of nitrogens with one attached hydrogen (secondary N) is 2. The lowest BCUT2D eigenvalue weighted by Crippen LogP contribution is -2.37. The van der Waals surface area contributed by atoms with Crippen LogP contribution in [0.5, 0.6) is 0 Å². The summed E-state index contributed by atoms with van der Waals surface area (Å²) < 4.78 is 25.6. The van der Waals surface area contributed by atoms with Gasteiger partial charge in [-0.05, 0) is 38.5 Å². The van der Waals surface area contributed by atoms with Gasteiger partial charge in [0.2, 0.25) is 10.0 Å². The Morgan fingerprint density at radius 1 is 1.33 bits per heavy atom. The van der Waals surface area contributed by atoms with Crippen LogP contribution in [0, 0.1) is 6.92 Å². The highest BCUT2D eigenvalue weighted by molar-refractivity contribution is 7.89. The first-order chi connectivity index (χ1) is 9.21. The molecule has 6 nitrogen and oxygen atoms in total. The Hall–Kier alpha value is -1.31. The van der Waals surface area contributed by atoms with Crippen molar-refractivity contribution < 1.29 is 13.2 Å². The summed E-state index contributed by atoms with van der Waals surface area (Å²) >= 11 is 0. The Morgan fingerprint density at radius 2 is 1.95 bits per heavy atom. The lowest BCUT2D eigenvalue weighted by Gasteiger charge is -2.11. The minimum atomic E-state index is -3.37. The number of halogens is 1. The number of sulfonamides is 1. The fraction of sp³-hybridized carbons (Fsp3) is 0.462. The van der Waals surface area contributed by atoms with Gasteiger partial charge in [0.05, 0.1) is 5.75 Å². The van der Waals surface area contributed by atoms with E-state index < -0.39 is 10.0 Å². The van der Waals surface area contributed by atoms with Gasteiger partial charge in [-0.15, -0.1) is 12.4 Å². The van der Waals surface area contributed by atoms with E-state index in [4.69, 9.17) is 5.73 Å². The molecular weight excluding hydrogens is 314 g/mol. The predicted octanol–water partition coefficient (Wildman–Crippen LogP) is 1.06. The zero-order valence-electron chi connectivity index (χ0n) is 12.3. The highest BCUT2D eigenvalue weighted by Gasteiger charge is 2.13. The lowest BCUT2D eigenvalue weighted by molar-refractivity contribution is 0.0955. The molecule has 0 unspecified atom stereocenters. The lowest BCUT2D eigenvalue weighted by atomic mass is 10.1. The van der Waals surface area contributed by atoms with Crippen molar-refractivity contribution in [1.29, 1.82) is 0 Å². The molecular formula is C13H22ClN3O3S. The summed E-state index contributed by atoms with van der Waals surface area (Å²) in [6.45, 7) is 5.33. The summed E-state index contributed by atoms with van der Waals surface area (Å²) in [5, 5.41) is 2.58. The molecule has 0 bridgehead atoms. The number of rotatable bonds is 6. The first kappa shape index (κ1) is 19.7. The van der Waals surface area contributed by atoms with Gasteiger partial charge in [-0.1, -0.05) is 6.07 Å². The number of amides is 1. The summed E-state index contributed by atoms with van der Waals surface area (Å²) in [6.07, 6.45) is 0. The molecule has 1 aromatic carbocycles. The maximum atomic E-state index is 11.9. The van der Waals surface area contributed by atoms with E-state index in [1.807, 2.05) is 0 Å². The maximum Gasteiger partial charge on any atom is 0.251 e. The molecule has 0 saturated heterocycles. The fourth-order valence-corrected chi connectivity index (χ4v) is 2.90. The molecule has 4 N–H and O–H groups in total. The van der Waals surface area contributed by atoms with Crippen molar-refractivity contribution in [3.05, 3.63) is 29.3 Å². The summed E-state index contributed by atoms with van der Waals surface area (Å²) in [6, 6.07) is 4.88. The molecule has 0 atom stereocenters. The average Bonchev–Trinajstić information content (AvgIpc) is 2.30. The second kappa shape index (κ2) is 8.21. The van der Waals surface area contributed by atoms with E-state index in [1.165, 1.54) is 0 Å². The second-order valence-electron chi connectivity index (χ2n) is 4.92. The van der Waals surface area contributed by atoms with Crippen LogP contribution in [0.1, 0.15) is 29.8 Å². The van der Waals surface area contributed by atoms with Crippen LogP contribution in [0.25, 0.3) is 0 Å². The van der Waals surface area contributed by atoms with E-state index in [0.717, 1.165) is 5.56 Å². The highest BCUT2D eigenvalue weighted by Crippen LogP contribution is 2.12. The first-order valence-electron chi connectivity index (χ1n) is 6.35. The monoisotopic (exact) mass is 335 g/mol. The molecule has 0 radical (unpaired) electrons. The van der Waals surface area contributed by atoms with Crippen molar-refractivity contribution in [2.45, 2.75) is 26.8 Å². The van der Waals surface area contributed by atoms with Gasteiger partial charge < -0.3 is 11.1 Å². The largest absolute Gasteiger partial charge is 0.399 e. The molecule has 0 fully saturated rings. The molecule has 21 heavy (non-hydrogen) atoms. The van der Waals surface area contributed by atoms with Crippen molar-refractivity contribution in [3.63, 3.8) is 0 Å². The number of aryl methyl sites for hydroxylation is 1. The van der Waals surface area contributed by atoms with E-state index in [1.54, 1.807) is 39.0 Å². The Kier molecular flexibility index (Phi) is 7.70. The van der Waals surface area contributed by atoms with E-state index in [0.29, 0.717) is 11.3 Å². The first-order valence-corrected chi connectivity index (χ1v) is 8.01. The van der Waals surface area contributed by atoms with Gasteiger partial charge in [0.15, 0.2) is 0 Å². The zero-order chi connectivity index (χ0) is 15.3. The molecule has 0 heterocycles. The third-order valence-electron chi connectivity index (χ3n) is 2.58. The third kappa shape index (κ3) is 6.79. The van der Waals surface area contributed by atoms with E-state index in [9.17, 15) is 13.2 Å². The van der Waals surface area contributed by atoms with Crippen LogP contribution >= 0.6 is 12.4 Å². The van der Waals surface area contributed by atoms with Gasteiger partial charge in [-0.25, -0.2) is 13.1 Å². The number of nitrogens with two attached hydrogens (primary N) is 1. The number of carbonyl (C=O) groups is 1. The SMILES string of the molecule is Cc1ccc(N)cc1C(=O)NCCS(=O)(=O)NC(C)C.Cl. The van der Waals surface area contributed by atoms with Gasteiger partial charge in [0.1, 0.15) is 0 Å². The Labute approximate surface area is 132 Å². The van der Waals surface area contributed by atoms with Gasteiger partial charge in [-0.2, -0.15) is 0 Å². The van der Waals surface area contributed by atoms with E-state index >= 15 is 0 Å². The number of carbonyl (C=O) groups excluding carboxylic acids is 1. The topological polar surface area (TPSA) is 101 Å². The minimum Gasteiger partial charge on any atom is -0.399 e. The molecule has 0 spiro atoms. The van der Waals surface area contributed by atoms with Crippen LogP contribution in [0.15, 0.2) is 18.2 Å². The summed E-state index contributed by atoms with van der Waals surface area (Å²) in [5.41, 5.74) is 7.38. The Balaban J connectivity index is 0.00000400. The molecule has 0 aromatic heterocycles. The van der Waals surface area contributed by atoms with Crippen LogP contribution in [0.4, 0.5) is 5.69 Å². The average molecular weight is 336 g/mol. The fourth-order valence-electron chi connectivity index (χ4n) is 1.70. The molecule has 0 aliphatic heterocycles. The summed E-state index contributed by atoms with van der Waals surface area (Å²) in [7, 11) is -3.37. The minimum absolute atomic E-state index is 0. The van der Waals surface area contributed by atoms with Crippen LogP contribution in [0.2, 0.25) is 0 Å². The van der Waals surface area contributed by atoms with Gasteiger partial charge in [0, 0.05) is 23.8 Å². The van der Waals surface area contributed by atoms with Crippen LogP contribution in [-0.2, 0) is 10.0 Å². The van der Waals surface area contributed by atoms with Crippen molar-refractivity contribution in [2.75, 3.05) is 18.0 Å². The van der Waals surface area contributed by atoms with Crippen molar-refractivity contribution in [3.8, 4) is 0 Å². The number of hydrogen-bond acceptors (Lipinski definition) is 4. The molecule has 1 rings (SSSR count). The van der Waals surface area contributed by atoms with Gasteiger partial charge in [-0.3, -0.25) is 4.79 Å². The number of anilines is 1. The van der Waals surface area contributed by atoms with Gasteiger partial charge >= 0.3 is 0 Å². The zero-order valence-corrected chi connectivity index (χ0v) is 14.0. The smallest absolute Gasteiger partial charge is 0.251 e. The summed E-state index contributed by atoms with van der Waals surface area (Å²) in [4.78, 5) is 11.9. The molecule has 8 heteroatoms. The highest BCUT2D eigenvalue weighted by atomic mass is 35.5. The van der Waals surface area contributed by atoms with E-state index in [-0.39, 0.29) is 36.7 Å². The normalized spacial score (nSPS) is 11.0. The third-order valence-corrected chi connectivity index (χ3v) is 4.15. The number of nitrogen functional groups attached to an aromatic ring is 1. The molecule has 1 amide bonds. The van der Waals surface area contributed by atoms with Crippen molar-refractivity contribution >= 4 is 34.0 Å². The molecule has 0 saturated carbocycles. The number of hydrogen-bond donors (Lipinski definition) is 3. The van der Waals surface area contributed by atoms with Crippen LogP contribution < -0.4 is 15.8 Å². The van der Waals surface area contributed by atoms with Crippen LogP contribution in [-0.4, -0.2) is 32.7 Å².